The first-order valence-corrected chi connectivity index (χ1v) is 7.14. The monoisotopic (exact) mass is 302 g/mol. The van der Waals surface area contributed by atoms with E-state index in [0.717, 1.165) is 12.8 Å². The van der Waals surface area contributed by atoms with Gasteiger partial charge >= 0.3 is 11.9 Å². The van der Waals surface area contributed by atoms with E-state index in [9.17, 15) is 9.59 Å². The first-order valence-electron chi connectivity index (χ1n) is 7.14. The lowest BCUT2D eigenvalue weighted by atomic mass is 9.87. The highest BCUT2D eigenvalue weighted by Gasteiger charge is 2.42. The maximum atomic E-state index is 11.8. The van der Waals surface area contributed by atoms with Crippen LogP contribution in [0.15, 0.2) is 48.2 Å². The molecule has 0 atom stereocenters. The van der Waals surface area contributed by atoms with Crippen molar-refractivity contribution in [3.63, 3.8) is 0 Å². The van der Waals surface area contributed by atoms with E-state index in [1.54, 1.807) is 6.08 Å². The number of carbonyl (C=O) groups excluding carboxylic acids is 2. The van der Waals surface area contributed by atoms with E-state index >= 15 is 0 Å². The number of rotatable bonds is 7. The molecular formula is C18H22O4. The number of hydrogen-bond acceptors (Lipinski definition) is 4. The van der Waals surface area contributed by atoms with Gasteiger partial charge < -0.3 is 9.47 Å². The summed E-state index contributed by atoms with van der Waals surface area (Å²) in [6.07, 6.45) is 5.51. The van der Waals surface area contributed by atoms with E-state index in [2.05, 4.69) is 27.3 Å². The van der Waals surface area contributed by atoms with Gasteiger partial charge in [0.15, 0.2) is 5.41 Å². The van der Waals surface area contributed by atoms with Crippen LogP contribution in [-0.4, -0.2) is 26.2 Å². The summed E-state index contributed by atoms with van der Waals surface area (Å²) < 4.78 is 9.35. The summed E-state index contributed by atoms with van der Waals surface area (Å²) in [6.45, 7) is 1.51. The topological polar surface area (TPSA) is 52.6 Å². The zero-order valence-electron chi connectivity index (χ0n) is 13.3. The van der Waals surface area contributed by atoms with Crippen LogP contribution in [0.3, 0.4) is 0 Å². The van der Waals surface area contributed by atoms with Crippen molar-refractivity contribution in [3.05, 3.63) is 53.8 Å². The second-order valence-corrected chi connectivity index (χ2v) is 5.12. The number of esters is 2. The van der Waals surface area contributed by atoms with E-state index in [0.29, 0.717) is 0 Å². The largest absolute Gasteiger partial charge is 0.468 e. The summed E-state index contributed by atoms with van der Waals surface area (Å²) in [5.41, 5.74) is 2.93. The van der Waals surface area contributed by atoms with Crippen molar-refractivity contribution >= 4 is 11.9 Å². The van der Waals surface area contributed by atoms with Crippen molar-refractivity contribution in [3.8, 4) is 0 Å². The van der Waals surface area contributed by atoms with Crippen molar-refractivity contribution in [2.24, 2.45) is 5.41 Å². The molecule has 118 valence electrons. The van der Waals surface area contributed by atoms with Crippen molar-refractivity contribution in [1.82, 2.24) is 0 Å². The van der Waals surface area contributed by atoms with Crippen LogP contribution in [0.1, 0.15) is 25.3 Å². The van der Waals surface area contributed by atoms with Gasteiger partial charge in [0.25, 0.3) is 0 Å². The Hall–Kier alpha value is -2.32. The second-order valence-electron chi connectivity index (χ2n) is 5.12. The molecule has 0 amide bonds. The zero-order chi connectivity index (χ0) is 16.4. The van der Waals surface area contributed by atoms with Crippen LogP contribution in [0.4, 0.5) is 0 Å². The van der Waals surface area contributed by atoms with Gasteiger partial charge in [0.05, 0.1) is 14.2 Å². The quantitative estimate of drug-likeness (QED) is 0.441. The Balaban J connectivity index is 2.59. The molecule has 0 radical (unpaired) electrons. The molecule has 1 aromatic rings. The summed E-state index contributed by atoms with van der Waals surface area (Å²) >= 11 is 0. The van der Waals surface area contributed by atoms with Gasteiger partial charge in [-0.1, -0.05) is 30.3 Å². The van der Waals surface area contributed by atoms with E-state index < -0.39 is 17.4 Å². The first-order chi connectivity index (χ1) is 10.5. The third-order valence-corrected chi connectivity index (χ3v) is 3.44. The molecule has 0 fully saturated rings. The second kappa shape index (κ2) is 8.85. The van der Waals surface area contributed by atoms with Crippen LogP contribution in [0, 0.1) is 5.41 Å². The van der Waals surface area contributed by atoms with Gasteiger partial charge in [0.2, 0.25) is 0 Å². The van der Waals surface area contributed by atoms with Crippen LogP contribution >= 0.6 is 0 Å². The number of benzene rings is 1. The number of carbonyl (C=O) groups is 2. The van der Waals surface area contributed by atoms with Gasteiger partial charge in [-0.25, -0.2) is 0 Å². The highest BCUT2D eigenvalue weighted by Crippen LogP contribution is 2.25. The smallest absolute Gasteiger partial charge is 0.323 e. The number of aryl methyl sites for hydroxylation is 1. The molecule has 0 N–H and O–H groups in total. The molecule has 0 spiro atoms. The Morgan fingerprint density at radius 1 is 1.09 bits per heavy atom. The number of allylic oxidation sites excluding steroid dienone is 1. The van der Waals surface area contributed by atoms with Crippen LogP contribution in [0.2, 0.25) is 0 Å². The fourth-order valence-electron chi connectivity index (χ4n) is 2.01. The first kappa shape index (κ1) is 17.7. The van der Waals surface area contributed by atoms with Crippen molar-refractivity contribution in [2.75, 3.05) is 14.2 Å². The Morgan fingerprint density at radius 2 is 1.68 bits per heavy atom. The molecule has 0 saturated carbocycles. The van der Waals surface area contributed by atoms with Crippen molar-refractivity contribution < 1.29 is 19.1 Å². The number of methoxy groups -OCH3 is 2. The summed E-state index contributed by atoms with van der Waals surface area (Å²) in [7, 11) is 2.51. The molecule has 0 aliphatic rings. The molecule has 22 heavy (non-hydrogen) atoms. The molecular weight excluding hydrogens is 280 g/mol. The molecule has 0 heterocycles. The number of hydrogen-bond donors (Lipinski definition) is 0. The Labute approximate surface area is 131 Å². The van der Waals surface area contributed by atoms with Gasteiger partial charge in [-0.05, 0) is 43.9 Å². The molecule has 4 heteroatoms. The van der Waals surface area contributed by atoms with Gasteiger partial charge in [-0.3, -0.25) is 9.59 Å². The molecule has 0 bridgehead atoms. The predicted molar refractivity (Wildman–Crippen MR) is 84.2 cm³/mol. The summed E-state index contributed by atoms with van der Waals surface area (Å²) in [6, 6.07) is 10.1. The molecule has 0 saturated heterocycles. The highest BCUT2D eigenvalue weighted by molar-refractivity contribution is 5.99. The van der Waals surface area contributed by atoms with E-state index in [1.807, 2.05) is 24.3 Å². The van der Waals surface area contributed by atoms with Gasteiger partial charge in [0, 0.05) is 0 Å². The molecule has 0 unspecified atom stereocenters. The average molecular weight is 302 g/mol. The summed E-state index contributed by atoms with van der Waals surface area (Å²) in [5, 5.41) is 0. The lowest BCUT2D eigenvalue weighted by Gasteiger charge is -2.21. The maximum Gasteiger partial charge on any atom is 0.323 e. The lowest BCUT2D eigenvalue weighted by molar-refractivity contribution is -0.167. The maximum absolute atomic E-state index is 11.8. The fourth-order valence-corrected chi connectivity index (χ4v) is 2.01. The van der Waals surface area contributed by atoms with E-state index in [1.165, 1.54) is 26.7 Å². The Bertz CT molecular complexity index is 538. The van der Waals surface area contributed by atoms with Crippen LogP contribution < -0.4 is 0 Å². The third-order valence-electron chi connectivity index (χ3n) is 3.44. The molecule has 0 aliphatic heterocycles. The predicted octanol–water partition coefficient (Wildman–Crippen LogP) is 3.07. The average Bonchev–Trinajstić information content (AvgIpc) is 2.56. The fraction of sp³-hybridized carbons (Fsp3) is 0.389. The minimum absolute atomic E-state index is 0.189. The minimum Gasteiger partial charge on any atom is -0.468 e. The van der Waals surface area contributed by atoms with E-state index in [-0.39, 0.29) is 6.42 Å². The van der Waals surface area contributed by atoms with Crippen LogP contribution in [0.5, 0.6) is 0 Å². The number of ether oxygens (including phenoxy) is 2. The molecule has 0 aliphatic carbocycles. The van der Waals surface area contributed by atoms with Gasteiger partial charge in [0.1, 0.15) is 0 Å². The Kier molecular flexibility index (Phi) is 7.14. The van der Waals surface area contributed by atoms with Gasteiger partial charge in [-0.15, -0.1) is 5.73 Å². The van der Waals surface area contributed by atoms with Crippen LogP contribution in [0.25, 0.3) is 0 Å². The SMILES string of the molecule is COC(=O)C(C)(CC=C=CCCc1ccccc1)C(=O)OC. The van der Waals surface area contributed by atoms with E-state index in [4.69, 9.17) is 0 Å². The third kappa shape index (κ3) is 4.90. The standard InChI is InChI=1S/C18H22O4/c1-18(16(19)21-2,17(20)22-3)14-10-5-4-7-11-15-12-8-6-9-13-15/h4,6,8-10,12-13H,7,11,14H2,1-3H3. The highest BCUT2D eigenvalue weighted by atomic mass is 16.5. The molecule has 1 aromatic carbocycles. The van der Waals surface area contributed by atoms with Crippen molar-refractivity contribution in [1.29, 1.82) is 0 Å². The van der Waals surface area contributed by atoms with Gasteiger partial charge in [-0.2, -0.15) is 0 Å². The summed E-state index contributed by atoms with van der Waals surface area (Å²) in [5.74, 6) is -1.22. The summed E-state index contributed by atoms with van der Waals surface area (Å²) in [4.78, 5) is 23.5. The lowest BCUT2D eigenvalue weighted by Crippen LogP contribution is -2.38. The van der Waals surface area contributed by atoms with Crippen molar-refractivity contribution in [2.45, 2.75) is 26.2 Å². The Morgan fingerprint density at radius 3 is 2.23 bits per heavy atom. The molecule has 1 rings (SSSR count). The zero-order valence-corrected chi connectivity index (χ0v) is 13.3. The molecule has 4 nitrogen and oxygen atoms in total. The normalized spacial score (nSPS) is 10.3. The minimum atomic E-state index is -1.33. The molecule has 0 aromatic heterocycles. The van der Waals surface area contributed by atoms with Crippen LogP contribution in [-0.2, 0) is 25.5 Å².